The number of nitrogens with zero attached hydrogens (tertiary/aromatic N) is 1. The zero-order valence-corrected chi connectivity index (χ0v) is 11.6. The van der Waals surface area contributed by atoms with E-state index in [-0.39, 0.29) is 5.91 Å². The summed E-state index contributed by atoms with van der Waals surface area (Å²) < 4.78 is 1.06. The zero-order valence-electron chi connectivity index (χ0n) is 7.86. The summed E-state index contributed by atoms with van der Waals surface area (Å²) in [5, 5.41) is 15.7. The fraction of sp³-hybridized carbons (Fsp3) is 0. The maximum atomic E-state index is 11.8. The first-order chi connectivity index (χ1) is 7.70. The van der Waals surface area contributed by atoms with Crippen molar-refractivity contribution in [2.45, 2.75) is 0 Å². The highest BCUT2D eigenvalue weighted by Crippen LogP contribution is 2.24. The summed E-state index contributed by atoms with van der Waals surface area (Å²) in [6.45, 7) is 0. The second kappa shape index (κ2) is 4.95. The van der Waals surface area contributed by atoms with E-state index in [1.54, 1.807) is 16.8 Å². The van der Waals surface area contributed by atoms with Crippen molar-refractivity contribution in [1.29, 1.82) is 5.26 Å². The maximum Gasteiger partial charge on any atom is 0.257 e. The molecule has 0 radical (unpaired) electrons. The van der Waals surface area contributed by atoms with E-state index in [1.165, 1.54) is 22.7 Å². The van der Waals surface area contributed by atoms with Crippen molar-refractivity contribution in [3.8, 4) is 6.07 Å². The Morgan fingerprint density at radius 1 is 1.50 bits per heavy atom. The summed E-state index contributed by atoms with van der Waals surface area (Å²) in [6, 6.07) is 5.55. The van der Waals surface area contributed by atoms with Gasteiger partial charge in [0.1, 0.15) is 11.1 Å². The van der Waals surface area contributed by atoms with E-state index in [0.29, 0.717) is 16.1 Å². The summed E-state index contributed by atoms with van der Waals surface area (Å²) >= 11 is 5.04. The first kappa shape index (κ1) is 11.6. The van der Waals surface area contributed by atoms with Crippen molar-refractivity contribution < 1.29 is 4.79 Å². The number of carbonyl (C=O) groups excluding carboxylic acids is 1. The number of thiophene rings is 2. The fourth-order valence-corrected chi connectivity index (χ4v) is 3.16. The van der Waals surface area contributed by atoms with Crippen LogP contribution in [0.1, 0.15) is 15.9 Å². The molecule has 2 rings (SSSR count). The van der Waals surface area contributed by atoms with Crippen molar-refractivity contribution in [1.82, 2.24) is 0 Å². The molecule has 0 aliphatic carbocycles. The topological polar surface area (TPSA) is 52.9 Å². The van der Waals surface area contributed by atoms with Crippen LogP contribution in [0.4, 0.5) is 5.00 Å². The van der Waals surface area contributed by atoms with Gasteiger partial charge in [0.15, 0.2) is 0 Å². The van der Waals surface area contributed by atoms with Gasteiger partial charge in [0.05, 0.1) is 14.0 Å². The summed E-state index contributed by atoms with van der Waals surface area (Å²) in [7, 11) is 0. The van der Waals surface area contributed by atoms with Gasteiger partial charge in [-0.1, -0.05) is 0 Å². The normalized spacial score (nSPS) is 9.75. The van der Waals surface area contributed by atoms with Crippen molar-refractivity contribution in [2.24, 2.45) is 0 Å². The summed E-state index contributed by atoms with van der Waals surface area (Å²) in [5.41, 5.74) is 1.13. The number of amides is 1. The molecular weight excluding hydrogens is 355 g/mol. The summed E-state index contributed by atoms with van der Waals surface area (Å²) in [6.07, 6.45) is 0. The molecule has 0 atom stereocenters. The number of hydrogen-bond acceptors (Lipinski definition) is 4. The molecule has 3 nitrogen and oxygen atoms in total. The molecule has 2 aromatic rings. The number of halogens is 1. The van der Waals surface area contributed by atoms with E-state index in [4.69, 9.17) is 5.26 Å². The van der Waals surface area contributed by atoms with Gasteiger partial charge in [0, 0.05) is 5.38 Å². The average molecular weight is 360 g/mol. The molecule has 0 aromatic carbocycles. The minimum absolute atomic E-state index is 0.168. The van der Waals surface area contributed by atoms with Crippen LogP contribution in [-0.2, 0) is 0 Å². The molecule has 0 aliphatic heterocycles. The van der Waals surface area contributed by atoms with E-state index in [0.717, 1.165) is 2.88 Å². The van der Waals surface area contributed by atoms with Crippen molar-refractivity contribution >= 4 is 56.2 Å². The Morgan fingerprint density at radius 3 is 2.94 bits per heavy atom. The van der Waals surface area contributed by atoms with Gasteiger partial charge in [-0.25, -0.2) is 0 Å². The SMILES string of the molecule is N#Cc1ccsc1NC(=O)c1csc(I)c1. The molecule has 2 aromatic heterocycles. The largest absolute Gasteiger partial charge is 0.312 e. The molecule has 0 saturated carbocycles. The molecule has 0 bridgehead atoms. The lowest BCUT2D eigenvalue weighted by atomic mass is 10.3. The van der Waals surface area contributed by atoms with Gasteiger partial charge in [-0.2, -0.15) is 5.26 Å². The number of rotatable bonds is 2. The van der Waals surface area contributed by atoms with Gasteiger partial charge >= 0.3 is 0 Å². The summed E-state index contributed by atoms with van der Waals surface area (Å²) in [4.78, 5) is 11.8. The van der Waals surface area contributed by atoms with Crippen LogP contribution in [0, 0.1) is 14.2 Å². The predicted molar refractivity (Wildman–Crippen MR) is 74.0 cm³/mol. The van der Waals surface area contributed by atoms with Crippen LogP contribution in [0.25, 0.3) is 0 Å². The zero-order chi connectivity index (χ0) is 11.5. The number of carbonyl (C=O) groups is 1. The monoisotopic (exact) mass is 360 g/mol. The third-order valence-electron chi connectivity index (χ3n) is 1.84. The molecule has 80 valence electrons. The molecule has 2 heterocycles. The number of nitrogens with one attached hydrogen (secondary N) is 1. The quantitative estimate of drug-likeness (QED) is 0.833. The molecular formula is C10H5IN2OS2. The molecule has 6 heteroatoms. The Bertz CT molecular complexity index is 567. The van der Waals surface area contributed by atoms with E-state index < -0.39 is 0 Å². The minimum atomic E-state index is -0.168. The Labute approximate surface area is 114 Å². The Morgan fingerprint density at radius 2 is 2.31 bits per heavy atom. The fourth-order valence-electron chi connectivity index (χ4n) is 1.10. The van der Waals surface area contributed by atoms with Gasteiger partial charge in [-0.05, 0) is 40.1 Å². The molecule has 0 saturated heterocycles. The minimum Gasteiger partial charge on any atom is -0.312 e. The van der Waals surface area contributed by atoms with Crippen molar-refractivity contribution in [2.75, 3.05) is 5.32 Å². The van der Waals surface area contributed by atoms with Gasteiger partial charge in [0.25, 0.3) is 5.91 Å². The average Bonchev–Trinajstić information content (AvgIpc) is 2.86. The number of hydrogen-bond donors (Lipinski definition) is 1. The molecule has 0 spiro atoms. The van der Waals surface area contributed by atoms with Crippen LogP contribution in [0.3, 0.4) is 0 Å². The first-order valence-corrected chi connectivity index (χ1v) is 7.07. The number of anilines is 1. The molecule has 0 unspecified atom stereocenters. The van der Waals surface area contributed by atoms with Crippen LogP contribution in [0.15, 0.2) is 22.9 Å². The van der Waals surface area contributed by atoms with Gasteiger partial charge in [-0.3, -0.25) is 4.79 Å². The smallest absolute Gasteiger partial charge is 0.257 e. The molecule has 16 heavy (non-hydrogen) atoms. The highest BCUT2D eigenvalue weighted by Gasteiger charge is 2.11. The van der Waals surface area contributed by atoms with Crippen LogP contribution in [0.2, 0.25) is 0 Å². The Balaban J connectivity index is 2.17. The van der Waals surface area contributed by atoms with Crippen molar-refractivity contribution in [3.05, 3.63) is 36.9 Å². The van der Waals surface area contributed by atoms with Crippen LogP contribution in [0.5, 0.6) is 0 Å². The second-order valence-electron chi connectivity index (χ2n) is 2.87. The van der Waals surface area contributed by atoms with E-state index in [2.05, 4.69) is 27.9 Å². The Kier molecular flexibility index (Phi) is 3.58. The van der Waals surface area contributed by atoms with Crippen LogP contribution >= 0.6 is 45.3 Å². The lowest BCUT2D eigenvalue weighted by molar-refractivity contribution is 0.102. The van der Waals surface area contributed by atoms with E-state index in [1.807, 2.05) is 12.1 Å². The van der Waals surface area contributed by atoms with Gasteiger partial charge in [-0.15, -0.1) is 22.7 Å². The van der Waals surface area contributed by atoms with E-state index in [9.17, 15) is 4.79 Å². The van der Waals surface area contributed by atoms with Crippen LogP contribution in [-0.4, -0.2) is 5.91 Å². The standard InChI is InChI=1S/C10H5IN2OS2/c11-8-3-7(5-16-8)9(14)13-10-6(4-12)1-2-15-10/h1-3,5H,(H,13,14). The Hall–Kier alpha value is -0.910. The number of nitriles is 1. The third kappa shape index (κ3) is 2.42. The van der Waals surface area contributed by atoms with Crippen molar-refractivity contribution in [3.63, 3.8) is 0 Å². The molecule has 0 aliphatic rings. The lowest BCUT2D eigenvalue weighted by Crippen LogP contribution is -2.10. The maximum absolute atomic E-state index is 11.8. The first-order valence-electron chi connectivity index (χ1n) is 4.23. The van der Waals surface area contributed by atoms with Gasteiger partial charge < -0.3 is 5.32 Å². The summed E-state index contributed by atoms with van der Waals surface area (Å²) in [5.74, 6) is -0.168. The lowest BCUT2D eigenvalue weighted by Gasteiger charge is -2.00. The van der Waals surface area contributed by atoms with E-state index >= 15 is 0 Å². The van der Waals surface area contributed by atoms with Crippen LogP contribution < -0.4 is 5.32 Å². The predicted octanol–water partition coefficient (Wildman–Crippen LogP) is 3.54. The molecule has 1 amide bonds. The van der Waals surface area contributed by atoms with Gasteiger partial charge in [0.2, 0.25) is 0 Å². The highest BCUT2D eigenvalue weighted by molar-refractivity contribution is 14.1. The molecule has 1 N–H and O–H groups in total. The third-order valence-corrected chi connectivity index (χ3v) is 4.46. The second-order valence-corrected chi connectivity index (χ2v) is 6.59. The molecule has 0 fully saturated rings. The highest BCUT2D eigenvalue weighted by atomic mass is 127.